The van der Waals surface area contributed by atoms with Crippen molar-refractivity contribution in [2.45, 2.75) is 46.0 Å². The molecule has 2 saturated heterocycles. The van der Waals surface area contributed by atoms with E-state index in [0.717, 1.165) is 26.1 Å². The molecule has 5 atom stereocenters. The number of hydrogen-bond acceptors (Lipinski definition) is 4. The number of amides is 2. The molecule has 2 heterocycles. The Morgan fingerprint density at radius 3 is 2.32 bits per heavy atom. The molecule has 140 valence electrons. The van der Waals surface area contributed by atoms with Gasteiger partial charge in [-0.15, -0.1) is 12.4 Å². The fourth-order valence-electron chi connectivity index (χ4n) is 6.05. The summed E-state index contributed by atoms with van der Waals surface area (Å²) in [6, 6.07) is 0. The number of hydrogen-bond donors (Lipinski definition) is 0. The van der Waals surface area contributed by atoms with Crippen LogP contribution in [0.3, 0.4) is 0 Å². The minimum Gasteiger partial charge on any atom is -0.302 e. The number of rotatable bonds is 3. The van der Waals surface area contributed by atoms with Gasteiger partial charge in [0.25, 0.3) is 0 Å². The van der Waals surface area contributed by atoms with Crippen LogP contribution in [0, 0.1) is 29.1 Å². The average Bonchev–Trinajstić information content (AvgIpc) is 2.78. The summed E-state index contributed by atoms with van der Waals surface area (Å²) in [5.41, 5.74) is -0.317. The lowest BCUT2D eigenvalue weighted by atomic mass is 9.48. The summed E-state index contributed by atoms with van der Waals surface area (Å²) < 4.78 is 0. The molecule has 5 nitrogen and oxygen atoms in total. The number of likely N-dealkylation sites (tertiary alicyclic amines) is 2. The predicted octanol–water partition coefficient (Wildman–Crippen LogP) is 2.13. The molecule has 0 N–H and O–H groups in total. The third-order valence-electron chi connectivity index (χ3n) is 7.02. The van der Waals surface area contributed by atoms with Crippen molar-refractivity contribution in [1.29, 1.82) is 0 Å². The minimum absolute atomic E-state index is 0. The van der Waals surface area contributed by atoms with E-state index in [0.29, 0.717) is 13.0 Å². The lowest BCUT2D eigenvalue weighted by Gasteiger charge is -2.52. The molecular formula is C19H29ClN2O3. The van der Waals surface area contributed by atoms with Crippen LogP contribution in [0.15, 0.2) is 0 Å². The van der Waals surface area contributed by atoms with Crippen LogP contribution in [0.4, 0.5) is 0 Å². The quantitative estimate of drug-likeness (QED) is 0.716. The highest BCUT2D eigenvalue weighted by atomic mass is 35.5. The number of piperidine rings is 1. The van der Waals surface area contributed by atoms with Gasteiger partial charge in [-0.1, -0.05) is 20.3 Å². The second kappa shape index (κ2) is 6.66. The third-order valence-corrected chi connectivity index (χ3v) is 7.02. The molecule has 0 aromatic heterocycles. The molecule has 3 saturated carbocycles. The highest BCUT2D eigenvalue weighted by Gasteiger charge is 2.66. The van der Waals surface area contributed by atoms with Crippen LogP contribution in [0.5, 0.6) is 0 Å². The SMILES string of the molecule is CC1CC2(C)CC(=O)C1C1C(=O)N(CCN3CCCCC3)C(=O)C12.Cl. The molecule has 5 unspecified atom stereocenters. The van der Waals surface area contributed by atoms with Crippen LogP contribution in [0.25, 0.3) is 0 Å². The fraction of sp³-hybridized carbons (Fsp3) is 0.842. The second-order valence-corrected chi connectivity index (χ2v) is 8.74. The summed E-state index contributed by atoms with van der Waals surface area (Å²) in [6.07, 6.45) is 5.06. The smallest absolute Gasteiger partial charge is 0.233 e. The zero-order valence-corrected chi connectivity index (χ0v) is 16.0. The third kappa shape index (κ3) is 2.84. The highest BCUT2D eigenvalue weighted by molar-refractivity contribution is 6.09. The van der Waals surface area contributed by atoms with Crippen LogP contribution >= 0.6 is 12.4 Å². The van der Waals surface area contributed by atoms with Crippen LogP contribution < -0.4 is 0 Å². The number of Topliss-reactive ketones (excluding diaryl/α,β-unsaturated/α-hetero) is 1. The number of fused-ring (bicyclic) bond motifs is 2. The van der Waals surface area contributed by atoms with Gasteiger partial charge in [0, 0.05) is 25.4 Å². The van der Waals surface area contributed by atoms with E-state index in [1.54, 1.807) is 0 Å². The predicted molar refractivity (Wildman–Crippen MR) is 96.2 cm³/mol. The largest absolute Gasteiger partial charge is 0.302 e. The summed E-state index contributed by atoms with van der Waals surface area (Å²) in [5, 5.41) is 0. The Bertz CT molecular complexity index is 589. The zero-order valence-electron chi connectivity index (χ0n) is 15.2. The molecule has 3 aliphatic carbocycles. The lowest BCUT2D eigenvalue weighted by Crippen LogP contribution is -2.56. The van der Waals surface area contributed by atoms with Crippen LogP contribution in [0.2, 0.25) is 0 Å². The van der Waals surface area contributed by atoms with E-state index in [-0.39, 0.29) is 59.1 Å². The van der Waals surface area contributed by atoms with Crippen LogP contribution in [0.1, 0.15) is 46.0 Å². The summed E-state index contributed by atoms with van der Waals surface area (Å²) in [7, 11) is 0. The Balaban J connectivity index is 0.00000182. The van der Waals surface area contributed by atoms with Crippen LogP contribution in [-0.2, 0) is 14.4 Å². The first kappa shape index (κ1) is 18.8. The highest BCUT2D eigenvalue weighted by Crippen LogP contribution is 2.60. The summed E-state index contributed by atoms with van der Waals surface area (Å²) in [5.74, 6) is -0.521. The van der Waals surface area contributed by atoms with Crippen molar-refractivity contribution in [2.24, 2.45) is 29.1 Å². The second-order valence-electron chi connectivity index (χ2n) is 8.74. The maximum atomic E-state index is 13.0. The fourth-order valence-corrected chi connectivity index (χ4v) is 6.05. The van der Waals surface area contributed by atoms with E-state index in [9.17, 15) is 14.4 Å². The van der Waals surface area contributed by atoms with Gasteiger partial charge in [-0.25, -0.2) is 0 Å². The van der Waals surface area contributed by atoms with Crippen molar-refractivity contribution in [3.8, 4) is 0 Å². The van der Waals surface area contributed by atoms with Gasteiger partial charge in [-0.2, -0.15) is 0 Å². The first-order valence-corrected chi connectivity index (χ1v) is 9.53. The van der Waals surface area contributed by atoms with Gasteiger partial charge in [0.15, 0.2) is 0 Å². The maximum absolute atomic E-state index is 13.0. The molecule has 6 heteroatoms. The summed E-state index contributed by atoms with van der Waals surface area (Å²) in [6.45, 7) is 7.54. The van der Waals surface area contributed by atoms with Crippen molar-refractivity contribution in [1.82, 2.24) is 9.80 Å². The van der Waals surface area contributed by atoms with E-state index in [2.05, 4.69) is 11.8 Å². The molecule has 2 bridgehead atoms. The van der Waals surface area contributed by atoms with Gasteiger partial charge < -0.3 is 4.90 Å². The van der Waals surface area contributed by atoms with Crippen molar-refractivity contribution in [3.63, 3.8) is 0 Å². The Morgan fingerprint density at radius 1 is 1.00 bits per heavy atom. The molecular weight excluding hydrogens is 340 g/mol. The van der Waals surface area contributed by atoms with Crippen molar-refractivity contribution < 1.29 is 14.4 Å². The molecule has 0 spiro atoms. The average molecular weight is 369 g/mol. The van der Waals surface area contributed by atoms with E-state index >= 15 is 0 Å². The topological polar surface area (TPSA) is 57.7 Å². The first-order valence-electron chi connectivity index (χ1n) is 9.53. The van der Waals surface area contributed by atoms with E-state index in [1.807, 2.05) is 6.92 Å². The molecule has 0 aromatic carbocycles. The normalized spacial score (nSPS) is 41.0. The maximum Gasteiger partial charge on any atom is 0.233 e. The van der Waals surface area contributed by atoms with E-state index in [4.69, 9.17) is 0 Å². The Morgan fingerprint density at radius 2 is 1.68 bits per heavy atom. The number of imide groups is 1. The Hall–Kier alpha value is -0.940. The number of carbonyl (C=O) groups excluding carboxylic acids is 3. The van der Waals surface area contributed by atoms with Gasteiger partial charge in [-0.3, -0.25) is 19.3 Å². The van der Waals surface area contributed by atoms with Crippen molar-refractivity contribution >= 4 is 30.0 Å². The summed E-state index contributed by atoms with van der Waals surface area (Å²) >= 11 is 0. The van der Waals surface area contributed by atoms with Crippen molar-refractivity contribution in [3.05, 3.63) is 0 Å². The molecule has 5 rings (SSSR count). The molecule has 2 aliphatic heterocycles. The zero-order chi connectivity index (χ0) is 17.1. The van der Waals surface area contributed by atoms with E-state index < -0.39 is 0 Å². The van der Waals surface area contributed by atoms with E-state index in [1.165, 1.54) is 24.2 Å². The standard InChI is InChI=1S/C19H28N2O3.ClH/c1-12-10-19(2)11-13(22)14(12)15-16(19)18(24)21(17(15)23)9-8-20-6-4-3-5-7-20;/h12,14-16H,3-11H2,1-2H3;1H. The van der Waals surface area contributed by atoms with Gasteiger partial charge in [0.05, 0.1) is 11.8 Å². The molecule has 0 aromatic rings. The number of ketones is 1. The van der Waals surface area contributed by atoms with Gasteiger partial charge in [0.2, 0.25) is 11.8 Å². The molecule has 5 fully saturated rings. The summed E-state index contributed by atoms with van der Waals surface area (Å²) in [4.78, 5) is 42.3. The molecule has 5 aliphatic rings. The lowest BCUT2D eigenvalue weighted by molar-refractivity contribution is -0.157. The number of halogens is 1. The molecule has 0 radical (unpaired) electrons. The van der Waals surface area contributed by atoms with Gasteiger partial charge >= 0.3 is 0 Å². The van der Waals surface area contributed by atoms with Gasteiger partial charge in [0.1, 0.15) is 5.78 Å². The minimum atomic E-state index is -0.381. The molecule has 2 amide bonds. The van der Waals surface area contributed by atoms with Crippen molar-refractivity contribution in [2.75, 3.05) is 26.2 Å². The number of carbonyl (C=O) groups is 3. The van der Waals surface area contributed by atoms with Crippen LogP contribution in [-0.4, -0.2) is 53.6 Å². The monoisotopic (exact) mass is 368 g/mol. The first-order chi connectivity index (χ1) is 11.4. The molecule has 25 heavy (non-hydrogen) atoms. The Labute approximate surface area is 155 Å². The van der Waals surface area contributed by atoms with Gasteiger partial charge in [-0.05, 0) is 43.7 Å². The Kier molecular flexibility index (Phi) is 5.02. The number of nitrogens with zero attached hydrogens (tertiary/aromatic N) is 2.